The van der Waals surface area contributed by atoms with E-state index in [1.165, 1.54) is 6.33 Å². The average Bonchev–Trinajstić information content (AvgIpc) is 2.30. The molecular weight excluding hydrogens is 216 g/mol. The lowest BCUT2D eigenvalue weighted by atomic mass is 9.94. The second kappa shape index (κ2) is 6.39. The fraction of sp³-hybridized carbons (Fsp3) is 0.667. The highest BCUT2D eigenvalue weighted by Gasteiger charge is 2.21. The molecule has 0 amide bonds. The minimum absolute atomic E-state index is 0.0351. The summed E-state index contributed by atoms with van der Waals surface area (Å²) in [5.74, 6) is 1.37. The first-order valence-electron chi connectivity index (χ1n) is 6.06. The summed E-state index contributed by atoms with van der Waals surface area (Å²) in [6.45, 7) is 7.46. The molecule has 1 aromatic heterocycles. The molecule has 0 aliphatic heterocycles. The van der Waals surface area contributed by atoms with Gasteiger partial charge in [-0.05, 0) is 33.2 Å². The molecule has 0 aliphatic carbocycles. The van der Waals surface area contributed by atoms with Gasteiger partial charge in [0.1, 0.15) is 12.1 Å². The summed E-state index contributed by atoms with van der Waals surface area (Å²) >= 11 is 0. The van der Waals surface area contributed by atoms with Crippen LogP contribution in [-0.4, -0.2) is 28.7 Å². The second-order valence-electron chi connectivity index (χ2n) is 4.25. The molecule has 5 heteroatoms. The van der Waals surface area contributed by atoms with Gasteiger partial charge in [0.25, 0.3) is 0 Å². The number of nitrogens with zero attached hydrogens (tertiary/aromatic N) is 2. The molecule has 0 aliphatic rings. The van der Waals surface area contributed by atoms with Crippen molar-refractivity contribution in [3.63, 3.8) is 0 Å². The fourth-order valence-electron chi connectivity index (χ4n) is 1.59. The third-order valence-corrected chi connectivity index (χ3v) is 2.84. The van der Waals surface area contributed by atoms with Crippen molar-refractivity contribution in [1.82, 2.24) is 9.97 Å². The lowest BCUT2D eigenvalue weighted by Crippen LogP contribution is -2.36. The lowest BCUT2D eigenvalue weighted by Gasteiger charge is -2.29. The molecule has 1 atom stereocenters. The number of nitrogens with one attached hydrogen (secondary N) is 1. The number of nitrogens with two attached hydrogens (primary N) is 1. The predicted molar refractivity (Wildman–Crippen MR) is 69.2 cm³/mol. The number of ether oxygens (including phenoxy) is 1. The van der Waals surface area contributed by atoms with Crippen molar-refractivity contribution in [3.8, 4) is 5.88 Å². The molecule has 0 bridgehead atoms. The van der Waals surface area contributed by atoms with Crippen molar-refractivity contribution in [3.05, 3.63) is 12.4 Å². The van der Waals surface area contributed by atoms with Crippen LogP contribution in [0.25, 0.3) is 0 Å². The summed E-state index contributed by atoms with van der Waals surface area (Å²) < 4.78 is 5.34. The van der Waals surface area contributed by atoms with E-state index in [-0.39, 0.29) is 5.54 Å². The maximum atomic E-state index is 5.62. The van der Waals surface area contributed by atoms with Gasteiger partial charge in [-0.15, -0.1) is 0 Å². The van der Waals surface area contributed by atoms with Gasteiger partial charge < -0.3 is 15.8 Å². The summed E-state index contributed by atoms with van der Waals surface area (Å²) in [6.07, 6.45) is 3.39. The van der Waals surface area contributed by atoms with E-state index in [9.17, 15) is 0 Å². The Morgan fingerprint density at radius 1 is 1.41 bits per heavy atom. The summed E-state index contributed by atoms with van der Waals surface area (Å²) in [5.41, 5.74) is 5.59. The first-order valence-corrected chi connectivity index (χ1v) is 6.06. The molecule has 0 saturated carbocycles. The largest absolute Gasteiger partial charge is 0.478 e. The highest BCUT2D eigenvalue weighted by atomic mass is 16.5. The van der Waals surface area contributed by atoms with Gasteiger partial charge in [-0.25, -0.2) is 9.97 Å². The van der Waals surface area contributed by atoms with Crippen LogP contribution in [0.1, 0.15) is 33.6 Å². The Hall–Kier alpha value is -1.36. The number of rotatable bonds is 7. The Morgan fingerprint density at radius 3 is 2.76 bits per heavy atom. The zero-order valence-corrected chi connectivity index (χ0v) is 10.9. The number of anilines is 1. The monoisotopic (exact) mass is 238 g/mol. The number of hydrogen-bond donors (Lipinski definition) is 2. The van der Waals surface area contributed by atoms with Crippen LogP contribution in [0.4, 0.5) is 5.82 Å². The molecule has 0 aromatic carbocycles. The van der Waals surface area contributed by atoms with Crippen molar-refractivity contribution in [1.29, 1.82) is 0 Å². The molecule has 5 nitrogen and oxygen atoms in total. The van der Waals surface area contributed by atoms with Crippen LogP contribution in [-0.2, 0) is 0 Å². The minimum atomic E-state index is -0.0351. The van der Waals surface area contributed by atoms with Gasteiger partial charge in [0.15, 0.2) is 0 Å². The lowest BCUT2D eigenvalue weighted by molar-refractivity contribution is 0.326. The van der Waals surface area contributed by atoms with Gasteiger partial charge in [-0.3, -0.25) is 0 Å². The minimum Gasteiger partial charge on any atom is -0.478 e. The van der Waals surface area contributed by atoms with Crippen LogP contribution in [0.5, 0.6) is 5.88 Å². The van der Waals surface area contributed by atoms with Crippen molar-refractivity contribution in [2.75, 3.05) is 18.5 Å². The molecule has 0 fully saturated rings. The highest BCUT2D eigenvalue weighted by molar-refractivity contribution is 5.39. The fourth-order valence-corrected chi connectivity index (χ4v) is 1.59. The Labute approximate surface area is 103 Å². The molecule has 1 unspecified atom stereocenters. The molecule has 1 heterocycles. The van der Waals surface area contributed by atoms with Crippen LogP contribution in [0, 0.1) is 0 Å². The van der Waals surface area contributed by atoms with Crippen LogP contribution < -0.4 is 15.8 Å². The standard InChI is InChI=1S/C12H22N4O/c1-4-12(3,6-7-13)16-10-8-11(17-5-2)15-9-14-10/h8-9H,4-7,13H2,1-3H3,(H,14,15,16). The Bertz CT molecular complexity index is 345. The Balaban J connectivity index is 2.75. The summed E-state index contributed by atoms with van der Waals surface area (Å²) in [5, 5.41) is 3.39. The van der Waals surface area contributed by atoms with Crippen LogP contribution >= 0.6 is 0 Å². The van der Waals surface area contributed by atoms with Crippen LogP contribution in [0.3, 0.4) is 0 Å². The molecule has 17 heavy (non-hydrogen) atoms. The second-order valence-corrected chi connectivity index (χ2v) is 4.25. The summed E-state index contributed by atoms with van der Waals surface area (Å²) in [7, 11) is 0. The van der Waals surface area contributed by atoms with Gasteiger partial charge in [0, 0.05) is 11.6 Å². The molecular formula is C12H22N4O. The van der Waals surface area contributed by atoms with Gasteiger partial charge in [0.2, 0.25) is 5.88 Å². The molecule has 1 rings (SSSR count). The number of aromatic nitrogens is 2. The van der Waals surface area contributed by atoms with E-state index < -0.39 is 0 Å². The van der Waals surface area contributed by atoms with E-state index in [0.29, 0.717) is 19.0 Å². The molecule has 1 aromatic rings. The zero-order valence-electron chi connectivity index (χ0n) is 10.9. The molecule has 0 saturated heterocycles. The van der Waals surface area contributed by atoms with Crippen molar-refractivity contribution >= 4 is 5.82 Å². The number of hydrogen-bond acceptors (Lipinski definition) is 5. The normalized spacial score (nSPS) is 14.1. The summed E-state index contributed by atoms with van der Waals surface area (Å²) in [4.78, 5) is 8.23. The molecule has 3 N–H and O–H groups in total. The van der Waals surface area contributed by atoms with Crippen LogP contribution in [0.15, 0.2) is 12.4 Å². The van der Waals surface area contributed by atoms with Gasteiger partial charge in [-0.2, -0.15) is 0 Å². The SMILES string of the molecule is CCOc1cc(NC(C)(CC)CCN)ncn1. The quantitative estimate of drug-likeness (QED) is 0.758. The van der Waals surface area contributed by atoms with E-state index in [1.807, 2.05) is 13.0 Å². The third-order valence-electron chi connectivity index (χ3n) is 2.84. The van der Waals surface area contributed by atoms with E-state index in [0.717, 1.165) is 18.7 Å². The first-order chi connectivity index (χ1) is 8.13. The zero-order chi connectivity index (χ0) is 12.7. The first kappa shape index (κ1) is 13.7. The van der Waals surface area contributed by atoms with E-state index in [1.54, 1.807) is 0 Å². The van der Waals surface area contributed by atoms with Crippen LogP contribution in [0.2, 0.25) is 0 Å². The van der Waals surface area contributed by atoms with Gasteiger partial charge >= 0.3 is 0 Å². The predicted octanol–water partition coefficient (Wildman–Crippen LogP) is 1.80. The van der Waals surface area contributed by atoms with E-state index in [2.05, 4.69) is 29.1 Å². The molecule has 0 spiro atoms. The van der Waals surface area contributed by atoms with Gasteiger partial charge in [0.05, 0.1) is 6.61 Å². The topological polar surface area (TPSA) is 73.1 Å². The smallest absolute Gasteiger partial charge is 0.218 e. The summed E-state index contributed by atoms with van der Waals surface area (Å²) in [6, 6.07) is 1.81. The molecule has 96 valence electrons. The van der Waals surface area contributed by atoms with Gasteiger partial charge in [-0.1, -0.05) is 6.92 Å². The van der Waals surface area contributed by atoms with Crippen molar-refractivity contribution in [2.45, 2.75) is 39.2 Å². The van der Waals surface area contributed by atoms with E-state index >= 15 is 0 Å². The van der Waals surface area contributed by atoms with E-state index in [4.69, 9.17) is 10.5 Å². The van der Waals surface area contributed by atoms with Crippen molar-refractivity contribution < 1.29 is 4.74 Å². The average molecular weight is 238 g/mol. The maximum Gasteiger partial charge on any atom is 0.218 e. The highest BCUT2D eigenvalue weighted by Crippen LogP contribution is 2.21. The Kier molecular flexibility index (Phi) is 5.15. The maximum absolute atomic E-state index is 5.62. The molecule has 0 radical (unpaired) electrons. The third kappa shape index (κ3) is 4.19. The Morgan fingerprint density at radius 2 is 2.18 bits per heavy atom. The van der Waals surface area contributed by atoms with Crippen molar-refractivity contribution in [2.24, 2.45) is 5.73 Å².